The average molecular weight is 368 g/mol. The fourth-order valence-corrected chi connectivity index (χ4v) is 2.63. The lowest BCUT2D eigenvalue weighted by Gasteiger charge is -2.21. The molecule has 0 saturated heterocycles. The first-order valence-corrected chi connectivity index (χ1v) is 9.62. The highest BCUT2D eigenvalue weighted by atomic mass is 16.5. The molecule has 1 unspecified atom stereocenters. The highest BCUT2D eigenvalue weighted by Gasteiger charge is 2.09. The van der Waals surface area contributed by atoms with Gasteiger partial charge in [-0.15, -0.1) is 10.2 Å². The molecule has 8 heteroatoms. The largest absolute Gasteiger partial charge is 0.383 e. The molecule has 0 aliphatic rings. The molecule has 0 radical (unpaired) electrons. The van der Waals surface area contributed by atoms with Crippen molar-refractivity contribution >= 4 is 5.96 Å². The first-order valence-electron chi connectivity index (χ1n) is 9.62. The van der Waals surface area contributed by atoms with Crippen molar-refractivity contribution < 1.29 is 4.74 Å². The second-order valence-electron chi connectivity index (χ2n) is 6.52. The number of aromatic nitrogens is 3. The van der Waals surface area contributed by atoms with Crippen LogP contribution in [0.3, 0.4) is 0 Å². The SMILES string of the molecule is CCN(CC)CCCC(C)NC(=NCc1nnc(C)n1C)NCCOC. The lowest BCUT2D eigenvalue weighted by Crippen LogP contribution is -2.43. The van der Waals surface area contributed by atoms with Crippen molar-refractivity contribution in [3.8, 4) is 0 Å². The molecular formula is C18H37N7O. The maximum absolute atomic E-state index is 5.12. The molecule has 0 aromatic carbocycles. The lowest BCUT2D eigenvalue weighted by molar-refractivity contribution is 0.203. The van der Waals surface area contributed by atoms with Gasteiger partial charge in [0.1, 0.15) is 12.4 Å². The van der Waals surface area contributed by atoms with Crippen LogP contribution in [0.15, 0.2) is 4.99 Å². The van der Waals surface area contributed by atoms with Crippen molar-refractivity contribution in [3.63, 3.8) is 0 Å². The summed E-state index contributed by atoms with van der Waals surface area (Å²) in [6.07, 6.45) is 2.27. The molecule has 1 heterocycles. The Bertz CT molecular complexity index is 526. The Morgan fingerprint density at radius 1 is 1.31 bits per heavy atom. The molecule has 2 N–H and O–H groups in total. The second-order valence-corrected chi connectivity index (χ2v) is 6.52. The van der Waals surface area contributed by atoms with Gasteiger partial charge in [0.15, 0.2) is 11.8 Å². The van der Waals surface area contributed by atoms with Gasteiger partial charge in [-0.2, -0.15) is 0 Å². The standard InChI is InChI=1S/C18H37N7O/c1-7-25(8-2)12-9-10-15(3)21-18(19-11-13-26-6)20-14-17-23-22-16(4)24(17)5/h15H,7-14H2,1-6H3,(H2,19,20,21). The molecule has 0 aliphatic heterocycles. The van der Waals surface area contributed by atoms with Gasteiger partial charge in [0, 0.05) is 26.7 Å². The molecule has 1 aromatic rings. The third-order valence-electron chi connectivity index (χ3n) is 4.55. The monoisotopic (exact) mass is 367 g/mol. The number of guanidine groups is 1. The summed E-state index contributed by atoms with van der Waals surface area (Å²) < 4.78 is 7.08. The number of rotatable bonds is 12. The van der Waals surface area contributed by atoms with E-state index in [2.05, 4.69) is 51.5 Å². The molecule has 0 amide bonds. The fourth-order valence-electron chi connectivity index (χ4n) is 2.63. The number of nitrogens with one attached hydrogen (secondary N) is 2. The van der Waals surface area contributed by atoms with Crippen molar-refractivity contribution in [2.24, 2.45) is 12.0 Å². The van der Waals surface area contributed by atoms with Gasteiger partial charge in [0.2, 0.25) is 0 Å². The number of methoxy groups -OCH3 is 1. The van der Waals surface area contributed by atoms with E-state index in [1.807, 2.05) is 18.5 Å². The second kappa shape index (κ2) is 12.6. The molecule has 0 spiro atoms. The van der Waals surface area contributed by atoms with Gasteiger partial charge >= 0.3 is 0 Å². The Labute approximate surface area is 158 Å². The van der Waals surface area contributed by atoms with Crippen molar-refractivity contribution in [3.05, 3.63) is 11.6 Å². The predicted octanol–water partition coefficient (Wildman–Crippen LogP) is 1.32. The van der Waals surface area contributed by atoms with Crippen LogP contribution in [0.2, 0.25) is 0 Å². The Morgan fingerprint density at radius 3 is 2.62 bits per heavy atom. The van der Waals surface area contributed by atoms with Crippen LogP contribution in [0.25, 0.3) is 0 Å². The Balaban J connectivity index is 2.55. The van der Waals surface area contributed by atoms with E-state index in [0.717, 1.165) is 43.7 Å². The van der Waals surface area contributed by atoms with Gasteiger partial charge in [-0.05, 0) is 46.3 Å². The molecule has 0 saturated carbocycles. The summed E-state index contributed by atoms with van der Waals surface area (Å²) in [7, 11) is 3.66. The van der Waals surface area contributed by atoms with Gasteiger partial charge in [-0.25, -0.2) is 4.99 Å². The van der Waals surface area contributed by atoms with Gasteiger partial charge in [0.05, 0.1) is 6.61 Å². The van der Waals surface area contributed by atoms with E-state index in [4.69, 9.17) is 4.74 Å². The third kappa shape index (κ3) is 8.14. The van der Waals surface area contributed by atoms with Gasteiger partial charge in [-0.1, -0.05) is 13.8 Å². The summed E-state index contributed by atoms with van der Waals surface area (Å²) in [5, 5.41) is 15.1. The van der Waals surface area contributed by atoms with Crippen molar-refractivity contribution in [1.82, 2.24) is 30.3 Å². The summed E-state index contributed by atoms with van der Waals surface area (Å²) in [5.41, 5.74) is 0. The van der Waals surface area contributed by atoms with Gasteiger partial charge in [-0.3, -0.25) is 0 Å². The topological polar surface area (TPSA) is 79.6 Å². The van der Waals surface area contributed by atoms with Crippen LogP contribution in [-0.4, -0.2) is 71.6 Å². The Hall–Kier alpha value is -1.67. The van der Waals surface area contributed by atoms with E-state index < -0.39 is 0 Å². The number of aliphatic imine (C=N–C) groups is 1. The number of nitrogens with zero attached hydrogens (tertiary/aromatic N) is 5. The smallest absolute Gasteiger partial charge is 0.191 e. The van der Waals surface area contributed by atoms with E-state index in [-0.39, 0.29) is 0 Å². The summed E-state index contributed by atoms with van der Waals surface area (Å²) in [6.45, 7) is 13.8. The molecule has 8 nitrogen and oxygen atoms in total. The number of aryl methyl sites for hydroxylation is 1. The minimum Gasteiger partial charge on any atom is -0.383 e. The van der Waals surface area contributed by atoms with E-state index in [9.17, 15) is 0 Å². The number of hydrogen-bond acceptors (Lipinski definition) is 5. The van der Waals surface area contributed by atoms with Crippen molar-refractivity contribution in [2.75, 3.05) is 39.9 Å². The molecule has 150 valence electrons. The summed E-state index contributed by atoms with van der Waals surface area (Å²) >= 11 is 0. The quantitative estimate of drug-likeness (QED) is 0.329. The van der Waals surface area contributed by atoms with Crippen molar-refractivity contribution in [2.45, 2.75) is 53.1 Å². The van der Waals surface area contributed by atoms with Crippen molar-refractivity contribution in [1.29, 1.82) is 0 Å². The normalized spacial score (nSPS) is 13.3. The first kappa shape index (κ1) is 22.4. The maximum Gasteiger partial charge on any atom is 0.191 e. The Kier molecular flexibility index (Phi) is 10.9. The zero-order chi connectivity index (χ0) is 19.4. The van der Waals surface area contributed by atoms with Crippen LogP contribution in [0, 0.1) is 6.92 Å². The average Bonchev–Trinajstić information content (AvgIpc) is 2.95. The van der Waals surface area contributed by atoms with Crippen LogP contribution >= 0.6 is 0 Å². The molecule has 1 aromatic heterocycles. The van der Waals surface area contributed by atoms with Crippen LogP contribution < -0.4 is 10.6 Å². The highest BCUT2D eigenvalue weighted by Crippen LogP contribution is 2.01. The molecular weight excluding hydrogens is 330 g/mol. The number of hydrogen-bond donors (Lipinski definition) is 2. The molecule has 26 heavy (non-hydrogen) atoms. The molecule has 1 rings (SSSR count). The minimum absolute atomic E-state index is 0.348. The van der Waals surface area contributed by atoms with Gasteiger partial charge in [0.25, 0.3) is 0 Å². The summed E-state index contributed by atoms with van der Waals surface area (Å²) in [6, 6.07) is 0.348. The van der Waals surface area contributed by atoms with Crippen LogP contribution in [-0.2, 0) is 18.3 Å². The van der Waals surface area contributed by atoms with Crippen LogP contribution in [0.5, 0.6) is 0 Å². The van der Waals surface area contributed by atoms with Crippen LogP contribution in [0.1, 0.15) is 45.3 Å². The minimum atomic E-state index is 0.348. The summed E-state index contributed by atoms with van der Waals surface area (Å²) in [5.74, 6) is 2.53. The molecule has 0 fully saturated rings. The van der Waals surface area contributed by atoms with E-state index in [0.29, 0.717) is 25.7 Å². The third-order valence-corrected chi connectivity index (χ3v) is 4.55. The zero-order valence-electron chi connectivity index (χ0n) is 17.4. The zero-order valence-corrected chi connectivity index (χ0v) is 17.4. The Morgan fingerprint density at radius 2 is 2.04 bits per heavy atom. The van der Waals surface area contributed by atoms with Crippen LogP contribution in [0.4, 0.5) is 0 Å². The number of ether oxygens (including phenoxy) is 1. The molecule has 1 atom stereocenters. The summed E-state index contributed by atoms with van der Waals surface area (Å²) in [4.78, 5) is 7.11. The lowest BCUT2D eigenvalue weighted by atomic mass is 10.2. The molecule has 0 bridgehead atoms. The molecule has 0 aliphatic carbocycles. The van der Waals surface area contributed by atoms with Gasteiger partial charge < -0.3 is 24.8 Å². The van der Waals surface area contributed by atoms with E-state index in [1.54, 1.807) is 7.11 Å². The van der Waals surface area contributed by atoms with E-state index in [1.165, 1.54) is 6.42 Å². The first-order chi connectivity index (χ1) is 12.5. The predicted molar refractivity (Wildman–Crippen MR) is 106 cm³/mol. The highest BCUT2D eigenvalue weighted by molar-refractivity contribution is 5.80. The maximum atomic E-state index is 5.12. The fraction of sp³-hybridized carbons (Fsp3) is 0.833. The van der Waals surface area contributed by atoms with E-state index >= 15 is 0 Å².